The molecule has 3 nitrogen and oxygen atoms in total. The van der Waals surface area contributed by atoms with Gasteiger partial charge in [0.05, 0.1) is 5.56 Å². The van der Waals surface area contributed by atoms with Gasteiger partial charge in [-0.3, -0.25) is 4.79 Å². The Morgan fingerprint density at radius 3 is 2.76 bits per heavy atom. The summed E-state index contributed by atoms with van der Waals surface area (Å²) >= 11 is 5.82. The van der Waals surface area contributed by atoms with Crippen LogP contribution in [0.3, 0.4) is 0 Å². The van der Waals surface area contributed by atoms with Gasteiger partial charge in [-0.15, -0.1) is 6.58 Å². The first-order chi connectivity index (χ1) is 7.97. The van der Waals surface area contributed by atoms with E-state index in [0.717, 1.165) is 0 Å². The van der Waals surface area contributed by atoms with Gasteiger partial charge in [0.1, 0.15) is 5.75 Å². The van der Waals surface area contributed by atoms with Gasteiger partial charge < -0.3 is 10.0 Å². The lowest BCUT2D eigenvalue weighted by atomic mass is 10.1. The molecule has 1 aromatic carbocycles. The van der Waals surface area contributed by atoms with E-state index in [2.05, 4.69) is 6.58 Å². The minimum atomic E-state index is -0.250. The molecule has 0 unspecified atom stereocenters. The van der Waals surface area contributed by atoms with Gasteiger partial charge >= 0.3 is 0 Å². The largest absolute Gasteiger partial charge is 0.507 e. The highest BCUT2D eigenvalue weighted by Gasteiger charge is 2.20. The van der Waals surface area contributed by atoms with Gasteiger partial charge in [0.15, 0.2) is 0 Å². The second-order valence-corrected chi connectivity index (χ2v) is 4.44. The first kappa shape index (κ1) is 13.6. The first-order valence-corrected chi connectivity index (χ1v) is 5.75. The summed E-state index contributed by atoms with van der Waals surface area (Å²) in [6.45, 7) is 7.86. The fourth-order valence-corrected chi connectivity index (χ4v) is 1.67. The molecule has 0 aliphatic heterocycles. The molecule has 1 amide bonds. The topological polar surface area (TPSA) is 40.5 Å². The van der Waals surface area contributed by atoms with Crippen LogP contribution in [-0.2, 0) is 0 Å². The van der Waals surface area contributed by atoms with Crippen LogP contribution in [0.1, 0.15) is 24.2 Å². The summed E-state index contributed by atoms with van der Waals surface area (Å²) < 4.78 is 0. The Morgan fingerprint density at radius 1 is 1.59 bits per heavy atom. The average Bonchev–Trinajstić information content (AvgIpc) is 2.28. The van der Waals surface area contributed by atoms with Gasteiger partial charge in [-0.1, -0.05) is 17.7 Å². The molecule has 0 heterocycles. The number of hydrogen-bond acceptors (Lipinski definition) is 2. The van der Waals surface area contributed by atoms with Crippen LogP contribution in [0.25, 0.3) is 0 Å². The van der Waals surface area contributed by atoms with Crippen LogP contribution in [-0.4, -0.2) is 28.5 Å². The minimum absolute atomic E-state index is 0.0267. The van der Waals surface area contributed by atoms with Crippen molar-refractivity contribution in [2.45, 2.75) is 19.9 Å². The van der Waals surface area contributed by atoms with E-state index < -0.39 is 0 Å². The summed E-state index contributed by atoms with van der Waals surface area (Å²) in [5, 5.41) is 10.1. The lowest BCUT2D eigenvalue weighted by Gasteiger charge is -2.25. The third-order valence-electron chi connectivity index (χ3n) is 2.40. The number of nitrogens with zero attached hydrogens (tertiary/aromatic N) is 1. The molecular formula is C13H16ClNO2. The number of hydrogen-bond donors (Lipinski definition) is 1. The van der Waals surface area contributed by atoms with E-state index in [1.165, 1.54) is 12.1 Å². The second kappa shape index (κ2) is 5.73. The third-order valence-corrected chi connectivity index (χ3v) is 2.63. The van der Waals surface area contributed by atoms with E-state index in [9.17, 15) is 9.90 Å². The van der Waals surface area contributed by atoms with Crippen LogP contribution in [0.4, 0.5) is 0 Å². The third kappa shape index (κ3) is 3.24. The van der Waals surface area contributed by atoms with Crippen LogP contribution in [0.2, 0.25) is 5.02 Å². The van der Waals surface area contributed by atoms with E-state index in [-0.39, 0.29) is 23.3 Å². The Hall–Kier alpha value is -1.48. The SMILES string of the molecule is C=CCN(C(=O)c1cc(Cl)ccc1O)C(C)C. The maximum atomic E-state index is 12.2. The molecule has 0 radical (unpaired) electrons. The standard InChI is InChI=1S/C13H16ClNO2/c1-4-7-15(9(2)3)13(17)11-8-10(14)5-6-12(11)16/h4-6,8-9,16H,1,7H2,2-3H3. The summed E-state index contributed by atoms with van der Waals surface area (Å²) in [5.74, 6) is -0.311. The number of rotatable bonds is 4. The zero-order chi connectivity index (χ0) is 13.0. The highest BCUT2D eigenvalue weighted by Crippen LogP contribution is 2.23. The Labute approximate surface area is 106 Å². The van der Waals surface area contributed by atoms with Crippen molar-refractivity contribution >= 4 is 17.5 Å². The first-order valence-electron chi connectivity index (χ1n) is 5.37. The van der Waals surface area contributed by atoms with E-state index in [4.69, 9.17) is 11.6 Å². The Morgan fingerprint density at radius 2 is 2.24 bits per heavy atom. The number of benzene rings is 1. The van der Waals surface area contributed by atoms with Crippen molar-refractivity contribution in [2.75, 3.05) is 6.54 Å². The van der Waals surface area contributed by atoms with Gasteiger partial charge in [-0.2, -0.15) is 0 Å². The Bertz CT molecular complexity index is 429. The van der Waals surface area contributed by atoms with Gasteiger partial charge in [0, 0.05) is 17.6 Å². The Kier molecular flexibility index (Phi) is 4.58. The molecule has 0 fully saturated rings. The maximum absolute atomic E-state index is 12.2. The average molecular weight is 254 g/mol. The van der Waals surface area contributed by atoms with Crippen molar-refractivity contribution in [3.63, 3.8) is 0 Å². The predicted octanol–water partition coefficient (Wildman–Crippen LogP) is 3.08. The lowest BCUT2D eigenvalue weighted by molar-refractivity contribution is 0.0725. The van der Waals surface area contributed by atoms with E-state index in [0.29, 0.717) is 11.6 Å². The zero-order valence-electron chi connectivity index (χ0n) is 9.98. The quantitative estimate of drug-likeness (QED) is 0.838. The molecule has 1 N–H and O–H groups in total. The number of aromatic hydroxyl groups is 1. The summed E-state index contributed by atoms with van der Waals surface area (Å²) in [6, 6.07) is 4.46. The molecule has 0 saturated carbocycles. The molecule has 1 rings (SSSR count). The molecule has 4 heteroatoms. The van der Waals surface area contributed by atoms with E-state index >= 15 is 0 Å². The van der Waals surface area contributed by atoms with Crippen molar-refractivity contribution in [3.05, 3.63) is 41.4 Å². The maximum Gasteiger partial charge on any atom is 0.258 e. The second-order valence-electron chi connectivity index (χ2n) is 4.00. The van der Waals surface area contributed by atoms with Crippen LogP contribution < -0.4 is 0 Å². The number of carbonyl (C=O) groups excluding carboxylic acids is 1. The normalized spacial score (nSPS) is 10.4. The van der Waals surface area contributed by atoms with Crippen LogP contribution in [0, 0.1) is 0 Å². The van der Waals surface area contributed by atoms with Gasteiger partial charge in [0.25, 0.3) is 5.91 Å². The predicted molar refractivity (Wildman–Crippen MR) is 69.5 cm³/mol. The molecule has 0 bridgehead atoms. The molecule has 0 aromatic heterocycles. The lowest BCUT2D eigenvalue weighted by Crippen LogP contribution is -2.37. The van der Waals surface area contributed by atoms with Crippen LogP contribution >= 0.6 is 11.6 Å². The highest BCUT2D eigenvalue weighted by molar-refractivity contribution is 6.31. The summed E-state index contributed by atoms with van der Waals surface area (Å²) in [6.07, 6.45) is 1.65. The monoisotopic (exact) mass is 253 g/mol. The van der Waals surface area contributed by atoms with Crippen molar-refractivity contribution in [1.82, 2.24) is 4.90 Å². The molecule has 17 heavy (non-hydrogen) atoms. The van der Waals surface area contributed by atoms with Crippen molar-refractivity contribution in [1.29, 1.82) is 0 Å². The summed E-state index contributed by atoms with van der Waals surface area (Å²) in [4.78, 5) is 13.8. The molecule has 0 aliphatic carbocycles. The smallest absolute Gasteiger partial charge is 0.258 e. The number of carbonyl (C=O) groups is 1. The number of phenolic OH excluding ortho intramolecular Hbond substituents is 1. The van der Waals surface area contributed by atoms with Gasteiger partial charge in [-0.05, 0) is 32.0 Å². The summed E-state index contributed by atoms with van der Waals surface area (Å²) in [5.41, 5.74) is 0.216. The number of amides is 1. The van der Waals surface area contributed by atoms with E-state index in [1.807, 2.05) is 13.8 Å². The molecule has 1 aromatic rings. The number of phenols is 1. The summed E-state index contributed by atoms with van der Waals surface area (Å²) in [7, 11) is 0. The fourth-order valence-electron chi connectivity index (χ4n) is 1.50. The van der Waals surface area contributed by atoms with Crippen LogP contribution in [0.15, 0.2) is 30.9 Å². The van der Waals surface area contributed by atoms with Gasteiger partial charge in [0.2, 0.25) is 0 Å². The minimum Gasteiger partial charge on any atom is -0.507 e. The fraction of sp³-hybridized carbons (Fsp3) is 0.308. The highest BCUT2D eigenvalue weighted by atomic mass is 35.5. The molecule has 0 aliphatic rings. The van der Waals surface area contributed by atoms with E-state index in [1.54, 1.807) is 17.0 Å². The molecule has 0 spiro atoms. The molecule has 0 atom stereocenters. The zero-order valence-corrected chi connectivity index (χ0v) is 10.7. The molecule has 92 valence electrons. The Balaban J connectivity index is 3.08. The van der Waals surface area contributed by atoms with Crippen LogP contribution in [0.5, 0.6) is 5.75 Å². The van der Waals surface area contributed by atoms with Crippen molar-refractivity contribution in [2.24, 2.45) is 0 Å². The van der Waals surface area contributed by atoms with Crippen molar-refractivity contribution < 1.29 is 9.90 Å². The molecular weight excluding hydrogens is 238 g/mol. The van der Waals surface area contributed by atoms with Gasteiger partial charge in [-0.25, -0.2) is 0 Å². The molecule has 0 saturated heterocycles. The van der Waals surface area contributed by atoms with Crippen molar-refractivity contribution in [3.8, 4) is 5.75 Å². The number of halogens is 1.